The van der Waals surface area contributed by atoms with E-state index in [0.29, 0.717) is 0 Å². The molecule has 0 unspecified atom stereocenters. The van der Waals surface area contributed by atoms with Crippen LogP contribution in [0, 0.1) is 14.1 Å². The molecule has 0 spiro atoms. The molecule has 0 aromatic heterocycles. The van der Waals surface area contributed by atoms with Crippen molar-refractivity contribution in [1.29, 1.82) is 0 Å². The fourth-order valence-electron chi connectivity index (χ4n) is 3.99. The van der Waals surface area contributed by atoms with E-state index in [0.717, 1.165) is 23.8 Å². The molecular weight excluding hydrogens is 683 g/mol. The molecule has 4 aromatic carbocycles. The van der Waals surface area contributed by atoms with Crippen molar-refractivity contribution < 1.29 is 23.5 Å². The van der Waals surface area contributed by atoms with Crippen molar-refractivity contribution in [2.24, 2.45) is 0 Å². The van der Waals surface area contributed by atoms with Crippen molar-refractivity contribution in [1.82, 2.24) is 0 Å². The molecule has 4 aromatic rings. The van der Waals surface area contributed by atoms with Crippen LogP contribution < -0.4 is 4.18 Å². The van der Waals surface area contributed by atoms with Gasteiger partial charge in [0.15, 0.2) is 0 Å². The molecule has 0 amide bonds. The van der Waals surface area contributed by atoms with Crippen LogP contribution in [0.1, 0.15) is 58.2 Å². The zero-order valence-corrected chi connectivity index (χ0v) is 28.7. The summed E-state index contributed by atoms with van der Waals surface area (Å²) >= 11 is -2.93. The first-order valence-electron chi connectivity index (χ1n) is 13.4. The van der Waals surface area contributed by atoms with Gasteiger partial charge >= 0.3 is 253 Å². The van der Waals surface area contributed by atoms with Crippen LogP contribution in [-0.2, 0) is 33.6 Å². The summed E-state index contributed by atoms with van der Waals surface area (Å²) in [5.74, 6) is 0.000394. The molecule has 224 valence electrons. The third kappa shape index (κ3) is 7.80. The Kier molecular flexibility index (Phi) is 9.28. The summed E-state index contributed by atoms with van der Waals surface area (Å²) in [6.45, 7) is 14.6. The van der Waals surface area contributed by atoms with E-state index in [-0.39, 0.29) is 26.4 Å². The first-order chi connectivity index (χ1) is 19.5. The van der Waals surface area contributed by atoms with Gasteiger partial charge in [0, 0.05) is 0 Å². The Morgan fingerprint density at radius 2 is 0.905 bits per heavy atom. The molecule has 0 N–H and O–H groups in total. The second-order valence-electron chi connectivity index (χ2n) is 12.1. The Bertz CT molecular complexity index is 1670. The Morgan fingerprint density at radius 3 is 1.31 bits per heavy atom. The summed E-state index contributed by atoms with van der Waals surface area (Å²) in [5, 5.41) is 0. The van der Waals surface area contributed by atoms with E-state index in [1.807, 2.05) is 55.5 Å². The van der Waals surface area contributed by atoms with E-state index in [2.05, 4.69) is 41.5 Å². The minimum absolute atomic E-state index is 0.000394. The second-order valence-corrected chi connectivity index (χ2v) is 20.1. The maximum absolute atomic E-state index is 13.5. The molecule has 0 atom stereocenters. The van der Waals surface area contributed by atoms with E-state index in [1.165, 1.54) is 36.4 Å². The maximum atomic E-state index is 13.5. The zero-order valence-electron chi connectivity index (χ0n) is 24.9. The van der Waals surface area contributed by atoms with Gasteiger partial charge in [0.05, 0.1) is 0 Å². The minimum atomic E-state index is -4.19. The monoisotopic (exact) mass is 720 g/mol. The Balaban J connectivity index is 1.63. The van der Waals surface area contributed by atoms with Crippen molar-refractivity contribution in [3.63, 3.8) is 0 Å². The average Bonchev–Trinajstić information content (AvgIpc) is 2.91. The molecule has 0 aliphatic carbocycles. The van der Waals surface area contributed by atoms with Gasteiger partial charge in [0.25, 0.3) is 0 Å². The first-order valence-corrected chi connectivity index (χ1v) is 19.3. The van der Waals surface area contributed by atoms with Gasteiger partial charge in [-0.2, -0.15) is 0 Å². The molecule has 0 saturated heterocycles. The van der Waals surface area contributed by atoms with Gasteiger partial charge in [-0.15, -0.1) is 0 Å². The molecule has 9 heteroatoms. The summed E-state index contributed by atoms with van der Waals surface area (Å²) in [5.41, 5.74) is 3.11. The summed E-state index contributed by atoms with van der Waals surface area (Å²) in [6, 6.07) is 27.5. The fourth-order valence-corrected chi connectivity index (χ4v) is 11.8. The average molecular weight is 721 g/mol. The Morgan fingerprint density at radius 1 is 0.524 bits per heavy atom. The molecule has 0 aliphatic heterocycles. The van der Waals surface area contributed by atoms with Crippen LogP contribution in [0.3, 0.4) is 0 Å². The number of hydrogen-bond acceptors (Lipinski definition) is 6. The van der Waals surface area contributed by atoms with Crippen LogP contribution in [0.15, 0.2) is 107 Å². The van der Waals surface area contributed by atoms with Gasteiger partial charge in [-0.1, -0.05) is 0 Å². The summed E-state index contributed by atoms with van der Waals surface area (Å²) in [4.78, 5) is -0.0693. The van der Waals surface area contributed by atoms with Crippen molar-refractivity contribution in [2.75, 3.05) is 0 Å². The van der Waals surface area contributed by atoms with Gasteiger partial charge in [0.1, 0.15) is 0 Å². The SMILES string of the molecule is Cc1ccc(S(=O)(=O)Oc2ccc(S(=O)(=O)OI(c3ccc(C(C)(C)C)cc3)c3ccc(C(C)(C)C)cc3)cc2)cc1. The predicted octanol–water partition coefficient (Wildman–Crippen LogP) is 8.22. The number of rotatable bonds is 8. The van der Waals surface area contributed by atoms with Crippen LogP contribution in [-0.4, -0.2) is 16.8 Å². The third-order valence-electron chi connectivity index (χ3n) is 6.59. The standard InChI is InChI=1S/C33H37IO6S2/c1-24-8-20-30(21-9-24)41(35,36)39-29-18-22-31(23-19-29)42(37,38)40-34(27-14-10-25(11-15-27)32(2,3)4)28-16-12-26(13-17-28)33(5,6)7/h8-23H,1-7H3. The number of benzene rings is 4. The summed E-state index contributed by atoms with van der Waals surface area (Å²) < 4.78 is 65.4. The summed E-state index contributed by atoms with van der Waals surface area (Å²) in [7, 11) is -8.26. The van der Waals surface area contributed by atoms with E-state index in [9.17, 15) is 16.8 Å². The molecule has 0 fully saturated rings. The number of aryl methyl sites for hydroxylation is 1. The number of hydrogen-bond donors (Lipinski definition) is 0. The van der Waals surface area contributed by atoms with Crippen LogP contribution in [0.2, 0.25) is 0 Å². The van der Waals surface area contributed by atoms with E-state index >= 15 is 0 Å². The predicted molar refractivity (Wildman–Crippen MR) is 175 cm³/mol. The normalized spacial score (nSPS) is 13.1. The van der Waals surface area contributed by atoms with Crippen LogP contribution in [0.25, 0.3) is 0 Å². The Labute approximate surface area is 258 Å². The molecule has 0 heterocycles. The molecular formula is C33H37IO6S2. The topological polar surface area (TPSA) is 86.7 Å². The second kappa shape index (κ2) is 12.1. The molecule has 6 nitrogen and oxygen atoms in total. The first kappa shape index (κ1) is 32.2. The zero-order chi connectivity index (χ0) is 30.9. The van der Waals surface area contributed by atoms with Crippen LogP contribution >= 0.6 is 20.2 Å². The van der Waals surface area contributed by atoms with Gasteiger partial charge < -0.3 is 0 Å². The molecule has 0 aliphatic rings. The van der Waals surface area contributed by atoms with Crippen molar-refractivity contribution >= 4 is 40.5 Å². The molecule has 0 saturated carbocycles. The van der Waals surface area contributed by atoms with Gasteiger partial charge in [-0.25, -0.2) is 0 Å². The quantitative estimate of drug-likeness (QED) is 0.135. The van der Waals surface area contributed by atoms with Gasteiger partial charge in [-0.3, -0.25) is 0 Å². The number of halogens is 1. The van der Waals surface area contributed by atoms with Crippen LogP contribution in [0.5, 0.6) is 5.75 Å². The fraction of sp³-hybridized carbons (Fsp3) is 0.273. The molecule has 0 radical (unpaired) electrons. The van der Waals surface area contributed by atoms with Crippen LogP contribution in [0.4, 0.5) is 0 Å². The summed E-state index contributed by atoms with van der Waals surface area (Å²) in [6.07, 6.45) is 0. The van der Waals surface area contributed by atoms with Crippen molar-refractivity contribution in [2.45, 2.75) is 69.1 Å². The van der Waals surface area contributed by atoms with E-state index in [4.69, 9.17) is 6.70 Å². The van der Waals surface area contributed by atoms with Gasteiger partial charge in [-0.05, 0) is 6.92 Å². The van der Waals surface area contributed by atoms with E-state index < -0.39 is 40.5 Å². The van der Waals surface area contributed by atoms with Crippen molar-refractivity contribution in [3.8, 4) is 5.75 Å². The Hall–Kier alpha value is -2.73. The van der Waals surface area contributed by atoms with Gasteiger partial charge in [0.2, 0.25) is 0 Å². The molecule has 4 rings (SSSR count). The van der Waals surface area contributed by atoms with Crippen molar-refractivity contribution in [3.05, 3.63) is 121 Å². The third-order valence-corrected chi connectivity index (χ3v) is 15.2. The molecule has 42 heavy (non-hydrogen) atoms. The van der Waals surface area contributed by atoms with E-state index in [1.54, 1.807) is 12.1 Å². The molecule has 0 bridgehead atoms.